The molecule has 1 saturated heterocycles. The van der Waals surface area contributed by atoms with E-state index >= 15 is 0 Å². The summed E-state index contributed by atoms with van der Waals surface area (Å²) in [6.45, 7) is 8.43. The fourth-order valence-electron chi connectivity index (χ4n) is 4.14. The van der Waals surface area contributed by atoms with Gasteiger partial charge in [-0.2, -0.15) is 5.10 Å². The van der Waals surface area contributed by atoms with Crippen LogP contribution in [0.5, 0.6) is 5.88 Å². The van der Waals surface area contributed by atoms with Gasteiger partial charge in [-0.25, -0.2) is 22.8 Å². The van der Waals surface area contributed by atoms with Gasteiger partial charge in [-0.3, -0.25) is 9.48 Å². The number of ether oxygens (including phenoxy) is 1. The van der Waals surface area contributed by atoms with Gasteiger partial charge in [0.05, 0.1) is 17.9 Å². The zero-order valence-electron chi connectivity index (χ0n) is 27.6. The number of hydrogen-bond donors (Lipinski definition) is 1. The van der Waals surface area contributed by atoms with E-state index < -0.39 is 42.9 Å². The van der Waals surface area contributed by atoms with Gasteiger partial charge < -0.3 is 9.30 Å². The quantitative estimate of drug-likeness (QED) is 0.432. The SMILES string of the molecule is [2H]C([2H])([2H])[C@@H]1CN(c2nc(-n3ccc(OCC(C)(C)C)n3)ccc2C(=O)NS(=O)(=O)c2cn(C)nc2C)[Si](C)(C)C1([2H])[2H]. The molecular formula is C25H37N7O4SSi. The van der Waals surface area contributed by atoms with Crippen LogP contribution in [0, 0.1) is 18.3 Å². The summed E-state index contributed by atoms with van der Waals surface area (Å²) in [5, 5.41) is 8.45. The number of nitrogens with one attached hydrogen (secondary N) is 1. The number of anilines is 1. The Kier molecular flexibility index (Phi) is 5.62. The Bertz CT molecular complexity index is 1650. The van der Waals surface area contributed by atoms with Gasteiger partial charge in [-0.1, -0.05) is 40.7 Å². The predicted molar refractivity (Wildman–Crippen MR) is 148 cm³/mol. The Morgan fingerprint density at radius 2 is 2.03 bits per heavy atom. The Morgan fingerprint density at radius 1 is 1.29 bits per heavy atom. The van der Waals surface area contributed by atoms with E-state index in [0.29, 0.717) is 12.5 Å². The maximum Gasteiger partial charge on any atom is 0.268 e. The number of carbonyl (C=O) groups is 1. The van der Waals surface area contributed by atoms with E-state index in [-0.39, 0.29) is 39.7 Å². The number of pyridine rings is 1. The van der Waals surface area contributed by atoms with Crippen molar-refractivity contribution in [3.63, 3.8) is 0 Å². The van der Waals surface area contributed by atoms with Gasteiger partial charge in [0, 0.05) is 38.9 Å². The van der Waals surface area contributed by atoms with Crippen LogP contribution in [0.4, 0.5) is 5.82 Å². The second-order valence-electron chi connectivity index (χ2n) is 11.0. The van der Waals surface area contributed by atoms with Crippen molar-refractivity contribution in [3.8, 4) is 11.7 Å². The molecule has 11 nitrogen and oxygen atoms in total. The van der Waals surface area contributed by atoms with E-state index in [0.717, 1.165) is 0 Å². The van der Waals surface area contributed by atoms with Crippen molar-refractivity contribution < 1.29 is 24.8 Å². The highest BCUT2D eigenvalue weighted by Crippen LogP contribution is 2.36. The molecule has 206 valence electrons. The van der Waals surface area contributed by atoms with Gasteiger partial charge in [0.2, 0.25) is 5.88 Å². The van der Waals surface area contributed by atoms with Crippen molar-refractivity contribution in [2.24, 2.45) is 18.4 Å². The zero-order valence-corrected chi connectivity index (χ0v) is 24.4. The molecule has 0 saturated carbocycles. The first kappa shape index (κ1) is 21.7. The molecule has 0 bridgehead atoms. The monoisotopic (exact) mass is 564 g/mol. The third-order valence-electron chi connectivity index (χ3n) is 5.87. The lowest BCUT2D eigenvalue weighted by Gasteiger charge is -2.32. The summed E-state index contributed by atoms with van der Waals surface area (Å²) in [6.07, 6.45) is 2.88. The molecule has 0 radical (unpaired) electrons. The van der Waals surface area contributed by atoms with Crippen LogP contribution < -0.4 is 14.0 Å². The number of nitrogens with zero attached hydrogens (tertiary/aromatic N) is 6. The fraction of sp³-hybridized carbons (Fsp3) is 0.520. The van der Waals surface area contributed by atoms with Gasteiger partial charge in [0.1, 0.15) is 10.7 Å². The molecule has 1 fully saturated rings. The van der Waals surface area contributed by atoms with E-state index in [1.807, 2.05) is 20.8 Å². The van der Waals surface area contributed by atoms with E-state index in [1.165, 1.54) is 34.6 Å². The lowest BCUT2D eigenvalue weighted by Crippen LogP contribution is -2.45. The maximum absolute atomic E-state index is 13.6. The number of hydrogen-bond acceptors (Lipinski definition) is 8. The molecule has 0 aliphatic carbocycles. The lowest BCUT2D eigenvalue weighted by atomic mass is 9.99. The smallest absolute Gasteiger partial charge is 0.268 e. The van der Waals surface area contributed by atoms with E-state index in [1.54, 1.807) is 37.0 Å². The number of aromatic nitrogens is 5. The molecule has 3 aromatic heterocycles. The first-order valence-corrected chi connectivity index (χ1v) is 16.5. The van der Waals surface area contributed by atoms with E-state index in [4.69, 9.17) is 11.6 Å². The minimum absolute atomic E-state index is 0.0342. The molecule has 4 heterocycles. The van der Waals surface area contributed by atoms with Gasteiger partial charge >= 0.3 is 0 Å². The summed E-state index contributed by atoms with van der Waals surface area (Å²) in [5.41, 5.74) is -0.0716. The van der Waals surface area contributed by atoms with Crippen molar-refractivity contribution >= 4 is 30.0 Å². The molecule has 3 aromatic rings. The van der Waals surface area contributed by atoms with Crippen molar-refractivity contribution in [3.05, 3.63) is 41.9 Å². The number of rotatable bonds is 7. The zero-order chi connectivity index (χ0) is 32.3. The average molecular weight is 565 g/mol. The average Bonchev–Trinajstić information content (AvgIpc) is 3.51. The number of amides is 1. The van der Waals surface area contributed by atoms with E-state index in [2.05, 4.69) is 19.9 Å². The molecule has 0 aromatic carbocycles. The molecule has 1 aliphatic rings. The molecule has 1 aliphatic heterocycles. The first-order valence-electron chi connectivity index (χ1n) is 14.6. The molecule has 1 atom stereocenters. The molecular weight excluding hydrogens is 522 g/mol. The number of carbonyl (C=O) groups excluding carboxylic acids is 1. The molecule has 38 heavy (non-hydrogen) atoms. The molecule has 13 heteroatoms. The van der Waals surface area contributed by atoms with Crippen molar-refractivity contribution in [1.29, 1.82) is 0 Å². The van der Waals surface area contributed by atoms with Crippen LogP contribution in [0.15, 0.2) is 35.5 Å². The molecule has 0 unspecified atom stereocenters. The molecule has 1 N–H and O–H groups in total. The van der Waals surface area contributed by atoms with Crippen LogP contribution in [0.3, 0.4) is 0 Å². The van der Waals surface area contributed by atoms with Gasteiger partial charge in [0.25, 0.3) is 15.9 Å². The van der Waals surface area contributed by atoms with Crippen LogP contribution in [0.25, 0.3) is 5.82 Å². The summed E-state index contributed by atoms with van der Waals surface area (Å²) in [4.78, 5) is 18.1. The van der Waals surface area contributed by atoms with Crippen LogP contribution in [-0.4, -0.2) is 60.3 Å². The highest BCUT2D eigenvalue weighted by Gasteiger charge is 2.41. The van der Waals surface area contributed by atoms with E-state index in [9.17, 15) is 13.2 Å². The molecule has 1 amide bonds. The topological polar surface area (TPSA) is 124 Å². The van der Waals surface area contributed by atoms with Crippen molar-refractivity contribution in [1.82, 2.24) is 29.3 Å². The van der Waals surface area contributed by atoms with Gasteiger partial charge in [-0.15, -0.1) is 5.10 Å². The van der Waals surface area contributed by atoms with Crippen molar-refractivity contribution in [2.75, 3.05) is 17.7 Å². The number of aryl methyl sites for hydroxylation is 2. The molecule has 4 rings (SSSR count). The highest BCUT2D eigenvalue weighted by molar-refractivity contribution is 7.90. The van der Waals surface area contributed by atoms with Crippen LogP contribution in [0.1, 0.15) is 50.5 Å². The summed E-state index contributed by atoms with van der Waals surface area (Å²) >= 11 is 0. The second-order valence-corrected chi connectivity index (χ2v) is 16.6. The standard InChI is InChI=1S/C25H37N7O4SSi/c1-17-13-32(38(7,8)15-17)23-19(24(33)29-37(34,35)20-14-30(6)27-18(20)2)9-10-21(26-23)31-12-11-22(28-31)36-16-25(3,4)5/h9-12,14,17H,13,15-16H2,1-8H3,(H,29,33)/t17-/m1/s1/i1D3,15D2. The third-order valence-corrected chi connectivity index (χ3v) is 10.1. The second kappa shape index (κ2) is 9.84. The summed E-state index contributed by atoms with van der Waals surface area (Å²) < 4.78 is 80.1. The van der Waals surface area contributed by atoms with Crippen LogP contribution in [-0.2, 0) is 17.1 Å². The minimum atomic E-state index is -4.34. The Balaban J connectivity index is 1.80. The maximum atomic E-state index is 13.6. The van der Waals surface area contributed by atoms with Crippen LogP contribution in [0.2, 0.25) is 19.1 Å². The van der Waals surface area contributed by atoms with Gasteiger partial charge in [0.15, 0.2) is 14.1 Å². The Labute approximate surface area is 232 Å². The number of sulfonamides is 1. The predicted octanol–water partition coefficient (Wildman–Crippen LogP) is 3.51. The normalized spacial score (nSPS) is 21.2. The summed E-state index contributed by atoms with van der Waals surface area (Å²) in [5.74, 6) is -3.91. The summed E-state index contributed by atoms with van der Waals surface area (Å²) in [7, 11) is -6.10. The lowest BCUT2D eigenvalue weighted by molar-refractivity contribution is 0.0981. The van der Waals surface area contributed by atoms with Gasteiger partial charge in [-0.05, 0) is 36.4 Å². The summed E-state index contributed by atoms with van der Waals surface area (Å²) in [6, 6.07) is 4.49. The fourth-order valence-corrected chi connectivity index (χ4v) is 7.76. The Hall–Kier alpha value is -3.19. The largest absolute Gasteiger partial charge is 0.476 e. The third kappa shape index (κ3) is 5.93. The highest BCUT2D eigenvalue weighted by atomic mass is 32.2. The first-order chi connectivity index (χ1) is 19.5. The Morgan fingerprint density at radius 3 is 2.63 bits per heavy atom. The minimum Gasteiger partial charge on any atom is -0.476 e. The van der Waals surface area contributed by atoms with Crippen molar-refractivity contribution in [2.45, 2.75) is 58.5 Å². The van der Waals surface area contributed by atoms with Crippen LogP contribution >= 0.6 is 0 Å². The molecule has 0 spiro atoms.